The first kappa shape index (κ1) is 7.93. The summed E-state index contributed by atoms with van der Waals surface area (Å²) in [5.74, 6) is 0.559. The van der Waals surface area contributed by atoms with E-state index in [4.69, 9.17) is 12.2 Å². The van der Waals surface area contributed by atoms with E-state index in [0.29, 0.717) is 11.1 Å². The van der Waals surface area contributed by atoms with Crippen LogP contribution in [0.2, 0.25) is 0 Å². The van der Waals surface area contributed by atoms with Gasteiger partial charge in [-0.25, -0.2) is 5.10 Å². The highest BCUT2D eigenvalue weighted by atomic mass is 32.1. The zero-order valence-corrected chi connectivity index (χ0v) is 7.14. The van der Waals surface area contributed by atoms with Crippen molar-refractivity contribution in [2.45, 2.75) is 0 Å². The van der Waals surface area contributed by atoms with Gasteiger partial charge in [0.05, 0.1) is 0 Å². The number of thiocarbonyl (C=S) groups is 1. The second kappa shape index (κ2) is 3.29. The lowest BCUT2D eigenvalue weighted by molar-refractivity contribution is 0.633. The maximum absolute atomic E-state index is 4.95. The highest BCUT2D eigenvalue weighted by Crippen LogP contribution is 1.93. The van der Waals surface area contributed by atoms with E-state index in [2.05, 4.69) is 20.5 Å². The number of aromatic amines is 1. The Hall–Kier alpha value is -1.17. The lowest BCUT2D eigenvalue weighted by atomic mass is 10.8. The van der Waals surface area contributed by atoms with Crippen molar-refractivity contribution in [2.24, 2.45) is 0 Å². The smallest absolute Gasteiger partial charge is 0.224 e. The van der Waals surface area contributed by atoms with Crippen molar-refractivity contribution in [3.63, 3.8) is 0 Å². The van der Waals surface area contributed by atoms with E-state index in [9.17, 15) is 0 Å². The fourth-order valence-electron chi connectivity index (χ4n) is 0.479. The van der Waals surface area contributed by atoms with Crippen molar-refractivity contribution in [2.75, 3.05) is 19.4 Å². The van der Waals surface area contributed by atoms with Gasteiger partial charge in [0.15, 0.2) is 5.11 Å². The molecule has 6 heteroatoms. The largest absolute Gasteiger partial charge is 0.355 e. The normalized spacial score (nSPS) is 9.27. The number of hydrogen-bond donors (Lipinski definition) is 2. The summed E-state index contributed by atoms with van der Waals surface area (Å²) in [7, 11) is 3.71. The van der Waals surface area contributed by atoms with Gasteiger partial charge in [-0.3, -0.25) is 0 Å². The molecule has 0 bridgehead atoms. The number of aromatic nitrogens is 3. The number of nitrogens with zero attached hydrogens (tertiary/aromatic N) is 3. The molecule has 5 nitrogen and oxygen atoms in total. The third-order valence-electron chi connectivity index (χ3n) is 1.05. The number of anilines is 1. The number of rotatable bonds is 1. The first-order chi connectivity index (χ1) is 5.20. The average Bonchev–Trinajstić information content (AvgIpc) is 2.39. The van der Waals surface area contributed by atoms with E-state index in [-0.39, 0.29) is 0 Å². The fourth-order valence-corrected chi connectivity index (χ4v) is 0.575. The molecule has 0 unspecified atom stereocenters. The molecule has 0 radical (unpaired) electrons. The van der Waals surface area contributed by atoms with E-state index in [1.807, 2.05) is 14.1 Å². The van der Waals surface area contributed by atoms with E-state index in [1.54, 1.807) is 4.90 Å². The minimum atomic E-state index is 0.559. The SMILES string of the molecule is CN(C)C(=S)Nc1ncn[nH]1. The second-order valence-corrected chi connectivity index (χ2v) is 2.55. The van der Waals surface area contributed by atoms with Gasteiger partial charge < -0.3 is 10.2 Å². The summed E-state index contributed by atoms with van der Waals surface area (Å²) < 4.78 is 0. The molecule has 0 aliphatic carbocycles. The molecule has 1 heterocycles. The second-order valence-electron chi connectivity index (χ2n) is 2.16. The van der Waals surface area contributed by atoms with Crippen LogP contribution >= 0.6 is 12.2 Å². The van der Waals surface area contributed by atoms with Gasteiger partial charge in [-0.15, -0.1) is 0 Å². The zero-order chi connectivity index (χ0) is 8.27. The van der Waals surface area contributed by atoms with Gasteiger partial charge >= 0.3 is 0 Å². The van der Waals surface area contributed by atoms with E-state index in [1.165, 1.54) is 6.33 Å². The van der Waals surface area contributed by atoms with Crippen LogP contribution in [-0.4, -0.2) is 39.3 Å². The molecule has 0 aliphatic heterocycles. The Labute approximate surface area is 69.8 Å². The number of H-pyrrole nitrogens is 1. The van der Waals surface area contributed by atoms with Crippen LogP contribution in [-0.2, 0) is 0 Å². The Bertz CT molecular complexity index is 229. The average molecular weight is 171 g/mol. The van der Waals surface area contributed by atoms with E-state index < -0.39 is 0 Å². The van der Waals surface area contributed by atoms with Crippen LogP contribution in [0, 0.1) is 0 Å². The minimum Gasteiger partial charge on any atom is -0.355 e. The Balaban J connectivity index is 2.50. The number of nitrogens with one attached hydrogen (secondary N) is 2. The zero-order valence-electron chi connectivity index (χ0n) is 6.33. The minimum absolute atomic E-state index is 0.559. The molecule has 0 saturated heterocycles. The Morgan fingerprint density at radius 1 is 1.73 bits per heavy atom. The molecule has 1 rings (SSSR count). The van der Waals surface area contributed by atoms with Crippen molar-refractivity contribution in [1.29, 1.82) is 0 Å². The lowest BCUT2D eigenvalue weighted by Crippen LogP contribution is -2.27. The molecule has 0 aliphatic rings. The Kier molecular flexibility index (Phi) is 2.37. The predicted octanol–water partition coefficient (Wildman–Crippen LogP) is 0.0631. The van der Waals surface area contributed by atoms with Gasteiger partial charge in [-0.1, -0.05) is 0 Å². The van der Waals surface area contributed by atoms with Gasteiger partial charge in [-0.2, -0.15) is 10.1 Å². The molecule has 0 aromatic carbocycles. The molecule has 0 fully saturated rings. The topological polar surface area (TPSA) is 56.8 Å². The molecule has 0 saturated carbocycles. The standard InChI is InChI=1S/C5H9N5S/c1-10(2)5(11)8-4-6-3-7-9-4/h3H,1-2H3,(H2,6,7,8,9,11). The Morgan fingerprint density at radius 2 is 2.45 bits per heavy atom. The van der Waals surface area contributed by atoms with Crippen molar-refractivity contribution in [3.8, 4) is 0 Å². The first-order valence-electron chi connectivity index (χ1n) is 3.04. The first-order valence-corrected chi connectivity index (χ1v) is 3.44. The predicted molar refractivity (Wildman–Crippen MR) is 46.3 cm³/mol. The quantitative estimate of drug-likeness (QED) is 0.585. The molecule has 1 aromatic heterocycles. The summed E-state index contributed by atoms with van der Waals surface area (Å²) in [5, 5.41) is 9.74. The summed E-state index contributed by atoms with van der Waals surface area (Å²) >= 11 is 4.95. The van der Waals surface area contributed by atoms with E-state index in [0.717, 1.165) is 0 Å². The summed E-state index contributed by atoms with van der Waals surface area (Å²) in [5.41, 5.74) is 0. The van der Waals surface area contributed by atoms with Gasteiger partial charge in [0.1, 0.15) is 6.33 Å². The fraction of sp³-hybridized carbons (Fsp3) is 0.400. The van der Waals surface area contributed by atoms with Crippen molar-refractivity contribution in [1.82, 2.24) is 20.1 Å². The van der Waals surface area contributed by atoms with E-state index >= 15 is 0 Å². The highest BCUT2D eigenvalue weighted by Gasteiger charge is 1.99. The summed E-state index contributed by atoms with van der Waals surface area (Å²) in [4.78, 5) is 5.62. The molecular weight excluding hydrogens is 162 g/mol. The van der Waals surface area contributed by atoms with Gasteiger partial charge in [0.2, 0.25) is 5.95 Å². The van der Waals surface area contributed by atoms with Gasteiger partial charge in [-0.05, 0) is 12.2 Å². The molecule has 1 aromatic rings. The van der Waals surface area contributed by atoms with Gasteiger partial charge in [0.25, 0.3) is 0 Å². The van der Waals surface area contributed by atoms with Crippen LogP contribution in [0.3, 0.4) is 0 Å². The molecule has 0 atom stereocenters. The molecule has 60 valence electrons. The third-order valence-corrected chi connectivity index (χ3v) is 1.51. The van der Waals surface area contributed by atoms with Crippen molar-refractivity contribution in [3.05, 3.63) is 6.33 Å². The monoisotopic (exact) mass is 171 g/mol. The third kappa shape index (κ3) is 2.15. The van der Waals surface area contributed by atoms with Gasteiger partial charge in [0, 0.05) is 14.1 Å². The molecule has 0 spiro atoms. The summed E-state index contributed by atoms with van der Waals surface area (Å²) in [6, 6.07) is 0. The van der Waals surface area contributed by atoms with Crippen LogP contribution < -0.4 is 5.32 Å². The molecule has 2 N–H and O–H groups in total. The highest BCUT2D eigenvalue weighted by molar-refractivity contribution is 7.80. The van der Waals surface area contributed by atoms with Crippen LogP contribution in [0.15, 0.2) is 6.33 Å². The Morgan fingerprint density at radius 3 is 2.91 bits per heavy atom. The van der Waals surface area contributed by atoms with Crippen LogP contribution in [0.4, 0.5) is 5.95 Å². The molecule has 0 amide bonds. The van der Waals surface area contributed by atoms with Crippen LogP contribution in [0.25, 0.3) is 0 Å². The number of hydrogen-bond acceptors (Lipinski definition) is 3. The maximum atomic E-state index is 4.95. The van der Waals surface area contributed by atoms with Crippen molar-refractivity contribution < 1.29 is 0 Å². The van der Waals surface area contributed by atoms with Crippen LogP contribution in [0.1, 0.15) is 0 Å². The molecular formula is C5H9N5S. The summed E-state index contributed by atoms with van der Waals surface area (Å²) in [6.07, 6.45) is 1.42. The van der Waals surface area contributed by atoms with Crippen molar-refractivity contribution >= 4 is 23.3 Å². The molecule has 11 heavy (non-hydrogen) atoms. The van der Waals surface area contributed by atoms with Crippen LogP contribution in [0.5, 0.6) is 0 Å². The maximum Gasteiger partial charge on any atom is 0.224 e. The lowest BCUT2D eigenvalue weighted by Gasteiger charge is -2.12. The summed E-state index contributed by atoms with van der Waals surface area (Å²) in [6.45, 7) is 0.